The lowest BCUT2D eigenvalue weighted by molar-refractivity contribution is 0.660. The standard InChI is InChI=1S/C57H37NO2/c1-57(2)49-15-6-3-10-41(49)42-26-20-38(33-50(42)57)36-22-28-52-47(31-36)46-30-35(37-23-29-55-48(32-37)44-12-5-7-16-53(44)59-55)21-27-51(46)58(52)39-24-18-34(19-25-39)40-13-9-14-45-43-11-4-8-17-54(43)60-56(40)45/h3-33H,1-2H3. The lowest BCUT2D eigenvalue weighted by Crippen LogP contribution is -2.14. The Morgan fingerprint density at radius 2 is 0.867 bits per heavy atom. The van der Waals surface area contributed by atoms with Crippen molar-refractivity contribution in [2.24, 2.45) is 0 Å². The zero-order chi connectivity index (χ0) is 39.7. The van der Waals surface area contributed by atoms with Crippen molar-refractivity contribution in [1.82, 2.24) is 4.57 Å². The van der Waals surface area contributed by atoms with Gasteiger partial charge in [-0.25, -0.2) is 0 Å². The van der Waals surface area contributed by atoms with Gasteiger partial charge in [-0.1, -0.05) is 135 Å². The molecular formula is C57H37NO2. The van der Waals surface area contributed by atoms with Gasteiger partial charge in [-0.15, -0.1) is 0 Å². The van der Waals surface area contributed by atoms with Gasteiger partial charge in [-0.05, 0) is 117 Å². The summed E-state index contributed by atoms with van der Waals surface area (Å²) in [6, 6.07) is 68.4. The lowest BCUT2D eigenvalue weighted by Gasteiger charge is -2.22. The van der Waals surface area contributed by atoms with E-state index in [9.17, 15) is 0 Å². The van der Waals surface area contributed by atoms with Crippen LogP contribution in [0.15, 0.2) is 197 Å². The van der Waals surface area contributed by atoms with Crippen LogP contribution in [0.2, 0.25) is 0 Å². The molecule has 3 heterocycles. The number of aromatic nitrogens is 1. The van der Waals surface area contributed by atoms with E-state index in [0.717, 1.165) is 66.3 Å². The van der Waals surface area contributed by atoms with Gasteiger partial charge in [0, 0.05) is 49.0 Å². The molecule has 0 aliphatic heterocycles. The summed E-state index contributed by atoms with van der Waals surface area (Å²) in [4.78, 5) is 0. The van der Waals surface area contributed by atoms with E-state index in [1.807, 2.05) is 24.3 Å². The van der Waals surface area contributed by atoms with Gasteiger partial charge in [-0.3, -0.25) is 0 Å². The average molecular weight is 768 g/mol. The molecule has 1 aliphatic carbocycles. The summed E-state index contributed by atoms with van der Waals surface area (Å²) < 4.78 is 15.0. The lowest BCUT2D eigenvalue weighted by atomic mass is 9.81. The van der Waals surface area contributed by atoms with Crippen LogP contribution in [0.1, 0.15) is 25.0 Å². The van der Waals surface area contributed by atoms with E-state index < -0.39 is 0 Å². The van der Waals surface area contributed by atoms with Gasteiger partial charge >= 0.3 is 0 Å². The molecule has 3 heteroatoms. The summed E-state index contributed by atoms with van der Waals surface area (Å²) >= 11 is 0. The van der Waals surface area contributed by atoms with Gasteiger partial charge in [0.25, 0.3) is 0 Å². The van der Waals surface area contributed by atoms with Crippen molar-refractivity contribution in [1.29, 1.82) is 0 Å². The minimum absolute atomic E-state index is 0.0690. The van der Waals surface area contributed by atoms with Crippen molar-refractivity contribution < 1.29 is 8.83 Å². The molecule has 12 aromatic rings. The van der Waals surface area contributed by atoms with Crippen LogP contribution in [0, 0.1) is 0 Å². The fourth-order valence-corrected chi connectivity index (χ4v) is 10.2. The van der Waals surface area contributed by atoms with E-state index in [2.05, 4.69) is 182 Å². The fraction of sp³-hybridized carbons (Fsp3) is 0.0526. The number of hydrogen-bond acceptors (Lipinski definition) is 2. The maximum Gasteiger partial charge on any atom is 0.143 e. The third-order valence-corrected chi connectivity index (χ3v) is 13.2. The molecule has 0 amide bonds. The van der Waals surface area contributed by atoms with E-state index in [0.29, 0.717) is 0 Å². The smallest absolute Gasteiger partial charge is 0.143 e. The molecule has 0 unspecified atom stereocenters. The summed E-state index contributed by atoms with van der Waals surface area (Å²) in [5.74, 6) is 0. The van der Waals surface area contributed by atoms with E-state index in [4.69, 9.17) is 8.83 Å². The van der Waals surface area contributed by atoms with Crippen molar-refractivity contribution in [2.45, 2.75) is 19.3 Å². The molecule has 0 saturated heterocycles. The van der Waals surface area contributed by atoms with Crippen molar-refractivity contribution in [2.75, 3.05) is 0 Å². The first kappa shape index (κ1) is 33.4. The fourth-order valence-electron chi connectivity index (χ4n) is 10.2. The van der Waals surface area contributed by atoms with E-state index >= 15 is 0 Å². The van der Waals surface area contributed by atoms with Crippen LogP contribution < -0.4 is 0 Å². The van der Waals surface area contributed by atoms with Crippen LogP contribution in [-0.2, 0) is 5.41 Å². The first-order valence-electron chi connectivity index (χ1n) is 20.7. The number of fused-ring (bicyclic) bond motifs is 12. The van der Waals surface area contributed by atoms with Crippen LogP contribution in [-0.4, -0.2) is 4.57 Å². The molecule has 13 rings (SSSR count). The summed E-state index contributed by atoms with van der Waals surface area (Å²) in [5, 5.41) is 6.98. The maximum atomic E-state index is 6.43. The summed E-state index contributed by atoms with van der Waals surface area (Å²) in [6.07, 6.45) is 0. The first-order chi connectivity index (χ1) is 29.5. The number of benzene rings is 9. The minimum atomic E-state index is -0.0690. The number of para-hydroxylation sites is 3. The van der Waals surface area contributed by atoms with Crippen LogP contribution in [0.4, 0.5) is 0 Å². The molecule has 0 N–H and O–H groups in total. The van der Waals surface area contributed by atoms with Crippen LogP contribution in [0.5, 0.6) is 0 Å². The highest BCUT2D eigenvalue weighted by molar-refractivity contribution is 6.13. The SMILES string of the molecule is CC1(C)c2ccccc2-c2ccc(-c3ccc4c(c3)c3cc(-c5ccc6oc7ccccc7c6c5)ccc3n4-c3ccc(-c4cccc5c4oc4ccccc45)cc3)cc21. The van der Waals surface area contributed by atoms with Crippen molar-refractivity contribution in [3.63, 3.8) is 0 Å². The Morgan fingerprint density at radius 3 is 1.62 bits per heavy atom. The Labute approximate surface area is 346 Å². The molecule has 282 valence electrons. The highest BCUT2D eigenvalue weighted by atomic mass is 16.3. The highest BCUT2D eigenvalue weighted by Crippen LogP contribution is 2.50. The third kappa shape index (κ3) is 4.72. The van der Waals surface area contributed by atoms with Gasteiger partial charge in [0.1, 0.15) is 22.3 Å². The van der Waals surface area contributed by atoms with Crippen molar-refractivity contribution >= 4 is 65.7 Å². The van der Waals surface area contributed by atoms with E-state index in [1.165, 1.54) is 60.8 Å². The third-order valence-electron chi connectivity index (χ3n) is 13.2. The zero-order valence-corrected chi connectivity index (χ0v) is 33.2. The molecule has 0 bridgehead atoms. The molecule has 0 fully saturated rings. The Kier molecular flexibility index (Phi) is 6.78. The topological polar surface area (TPSA) is 31.2 Å². The summed E-state index contributed by atoms with van der Waals surface area (Å²) in [5.41, 5.74) is 19.5. The molecule has 0 radical (unpaired) electrons. The molecule has 1 aliphatic rings. The molecule has 0 saturated carbocycles. The molecule has 9 aromatic carbocycles. The predicted molar refractivity (Wildman–Crippen MR) is 249 cm³/mol. The molecule has 0 spiro atoms. The van der Waals surface area contributed by atoms with E-state index in [1.54, 1.807) is 0 Å². The van der Waals surface area contributed by atoms with Gasteiger partial charge in [0.2, 0.25) is 0 Å². The summed E-state index contributed by atoms with van der Waals surface area (Å²) in [7, 11) is 0. The Morgan fingerprint density at radius 1 is 0.350 bits per heavy atom. The van der Waals surface area contributed by atoms with Crippen LogP contribution in [0.25, 0.3) is 116 Å². The Bertz CT molecular complexity index is 3740. The monoisotopic (exact) mass is 767 g/mol. The second-order valence-electron chi connectivity index (χ2n) is 16.9. The number of rotatable bonds is 4. The predicted octanol–water partition coefficient (Wildman–Crippen LogP) is 15.9. The van der Waals surface area contributed by atoms with Crippen LogP contribution in [0.3, 0.4) is 0 Å². The second kappa shape index (κ2) is 12.2. The molecule has 3 aromatic heterocycles. The average Bonchev–Trinajstić information content (AvgIpc) is 4.02. The highest BCUT2D eigenvalue weighted by Gasteiger charge is 2.35. The van der Waals surface area contributed by atoms with Gasteiger partial charge in [-0.2, -0.15) is 0 Å². The zero-order valence-electron chi connectivity index (χ0n) is 33.2. The van der Waals surface area contributed by atoms with Gasteiger partial charge in [0.15, 0.2) is 0 Å². The minimum Gasteiger partial charge on any atom is -0.456 e. The van der Waals surface area contributed by atoms with Crippen molar-refractivity contribution in [3.8, 4) is 50.2 Å². The largest absolute Gasteiger partial charge is 0.456 e. The number of nitrogens with zero attached hydrogens (tertiary/aromatic N) is 1. The quantitative estimate of drug-likeness (QED) is 0.179. The normalized spacial score (nSPS) is 13.3. The number of hydrogen-bond donors (Lipinski definition) is 0. The molecular weight excluding hydrogens is 731 g/mol. The van der Waals surface area contributed by atoms with Crippen molar-refractivity contribution in [3.05, 3.63) is 199 Å². The van der Waals surface area contributed by atoms with E-state index in [-0.39, 0.29) is 5.41 Å². The second-order valence-corrected chi connectivity index (χ2v) is 16.9. The molecule has 0 atom stereocenters. The molecule has 60 heavy (non-hydrogen) atoms. The molecule has 3 nitrogen and oxygen atoms in total. The Hall–Kier alpha value is -7.62. The number of furan rings is 2. The summed E-state index contributed by atoms with van der Waals surface area (Å²) in [6.45, 7) is 4.71. The first-order valence-corrected chi connectivity index (χ1v) is 20.7. The van der Waals surface area contributed by atoms with Gasteiger partial charge < -0.3 is 13.4 Å². The van der Waals surface area contributed by atoms with Gasteiger partial charge in [0.05, 0.1) is 11.0 Å². The maximum absolute atomic E-state index is 6.43. The Balaban J connectivity index is 0.981. The van der Waals surface area contributed by atoms with Crippen LogP contribution >= 0.6 is 0 Å².